The molecule has 0 fully saturated rings. The van der Waals surface area contributed by atoms with Gasteiger partial charge in [-0.1, -0.05) is 24.8 Å². The van der Waals surface area contributed by atoms with E-state index >= 15 is 0 Å². The summed E-state index contributed by atoms with van der Waals surface area (Å²) in [7, 11) is 0. The van der Waals surface area contributed by atoms with E-state index in [9.17, 15) is 4.39 Å². The molecule has 2 heteroatoms. The molecule has 0 aromatic heterocycles. The molecule has 0 aliphatic heterocycles. The summed E-state index contributed by atoms with van der Waals surface area (Å²) < 4.78 is 13.4. The van der Waals surface area contributed by atoms with Gasteiger partial charge in [-0.15, -0.1) is 0 Å². The van der Waals surface area contributed by atoms with Gasteiger partial charge in [-0.05, 0) is 31.0 Å². The van der Waals surface area contributed by atoms with Gasteiger partial charge >= 0.3 is 0 Å². The van der Waals surface area contributed by atoms with Crippen LogP contribution >= 0.6 is 0 Å². The van der Waals surface area contributed by atoms with E-state index < -0.39 is 0 Å². The highest BCUT2D eigenvalue weighted by atomic mass is 19.1. The zero-order chi connectivity index (χ0) is 11.4. The van der Waals surface area contributed by atoms with Crippen LogP contribution in [0.2, 0.25) is 0 Å². The minimum Gasteiger partial charge on any atom is -0.207 e. The Bertz CT molecular complexity index is 464. The molecule has 1 nitrogen and oxygen atoms in total. The number of allylic oxidation sites excluding steroid dienone is 1. The van der Waals surface area contributed by atoms with Crippen molar-refractivity contribution in [1.29, 1.82) is 5.26 Å². The number of benzene rings is 1. The van der Waals surface area contributed by atoms with Crippen LogP contribution in [0.15, 0.2) is 18.7 Å². The Morgan fingerprint density at radius 3 is 2.67 bits per heavy atom. The third-order valence-corrected chi connectivity index (χ3v) is 2.26. The van der Waals surface area contributed by atoms with Gasteiger partial charge in [0, 0.05) is 5.56 Å². The SMILES string of the molecule is C=Cc1cc(F)c(C)c(C#N)c1/C=C\C. The van der Waals surface area contributed by atoms with Crippen LogP contribution in [0.25, 0.3) is 12.2 Å². The second-order valence-electron chi connectivity index (χ2n) is 3.18. The fraction of sp³-hybridized carbons (Fsp3) is 0.154. The highest BCUT2D eigenvalue weighted by Crippen LogP contribution is 2.23. The number of nitriles is 1. The smallest absolute Gasteiger partial charge is 0.128 e. The van der Waals surface area contributed by atoms with Gasteiger partial charge in [0.05, 0.1) is 5.56 Å². The molecule has 0 saturated heterocycles. The Labute approximate surface area is 89.2 Å². The predicted molar refractivity (Wildman–Crippen MR) is 60.7 cm³/mol. The molecule has 1 rings (SSSR count). The van der Waals surface area contributed by atoms with Crippen molar-refractivity contribution in [3.63, 3.8) is 0 Å². The monoisotopic (exact) mass is 201 g/mol. The third-order valence-electron chi connectivity index (χ3n) is 2.26. The molecule has 0 amide bonds. The molecule has 0 spiro atoms. The van der Waals surface area contributed by atoms with Crippen molar-refractivity contribution >= 4 is 12.2 Å². The summed E-state index contributed by atoms with van der Waals surface area (Å²) in [5.74, 6) is -0.366. The van der Waals surface area contributed by atoms with Gasteiger partial charge in [-0.2, -0.15) is 5.26 Å². The number of halogens is 1. The lowest BCUT2D eigenvalue weighted by atomic mass is 9.96. The van der Waals surface area contributed by atoms with E-state index in [1.54, 1.807) is 19.1 Å². The summed E-state index contributed by atoms with van der Waals surface area (Å²) in [4.78, 5) is 0. The molecular formula is C13H12FN. The summed E-state index contributed by atoms with van der Waals surface area (Å²) in [6, 6.07) is 3.43. The zero-order valence-corrected chi connectivity index (χ0v) is 8.84. The van der Waals surface area contributed by atoms with Crippen molar-refractivity contribution in [1.82, 2.24) is 0 Å². The fourth-order valence-electron chi connectivity index (χ4n) is 1.45. The van der Waals surface area contributed by atoms with E-state index in [0.29, 0.717) is 16.7 Å². The highest BCUT2D eigenvalue weighted by Gasteiger charge is 2.11. The topological polar surface area (TPSA) is 23.8 Å². The Morgan fingerprint density at radius 2 is 2.20 bits per heavy atom. The number of hydrogen-bond acceptors (Lipinski definition) is 1. The first kappa shape index (κ1) is 11.2. The van der Waals surface area contributed by atoms with Gasteiger partial charge in [0.25, 0.3) is 0 Å². The summed E-state index contributed by atoms with van der Waals surface area (Å²) in [6.45, 7) is 7.07. The van der Waals surface area contributed by atoms with Gasteiger partial charge in [0.1, 0.15) is 11.9 Å². The second-order valence-corrected chi connectivity index (χ2v) is 3.18. The lowest BCUT2D eigenvalue weighted by Crippen LogP contribution is -1.95. The highest BCUT2D eigenvalue weighted by molar-refractivity contribution is 5.71. The van der Waals surface area contributed by atoms with E-state index in [1.165, 1.54) is 6.07 Å². The largest absolute Gasteiger partial charge is 0.207 e. The molecule has 15 heavy (non-hydrogen) atoms. The zero-order valence-electron chi connectivity index (χ0n) is 8.84. The van der Waals surface area contributed by atoms with Crippen LogP contribution in [0.1, 0.15) is 29.2 Å². The summed E-state index contributed by atoms with van der Waals surface area (Å²) in [6.07, 6.45) is 5.17. The Morgan fingerprint density at radius 1 is 1.53 bits per heavy atom. The van der Waals surface area contributed by atoms with E-state index in [1.807, 2.05) is 19.1 Å². The van der Waals surface area contributed by atoms with Crippen LogP contribution in [-0.4, -0.2) is 0 Å². The summed E-state index contributed by atoms with van der Waals surface area (Å²) in [5, 5.41) is 8.99. The predicted octanol–water partition coefficient (Wildman–Crippen LogP) is 3.68. The summed E-state index contributed by atoms with van der Waals surface area (Å²) >= 11 is 0. The molecule has 1 aromatic carbocycles. The average molecular weight is 201 g/mol. The molecule has 0 aliphatic carbocycles. The summed E-state index contributed by atoms with van der Waals surface area (Å²) in [5.41, 5.74) is 2.14. The van der Waals surface area contributed by atoms with E-state index in [-0.39, 0.29) is 5.82 Å². The van der Waals surface area contributed by atoms with Crippen LogP contribution < -0.4 is 0 Å². The lowest BCUT2D eigenvalue weighted by Gasteiger charge is -2.08. The van der Waals surface area contributed by atoms with Crippen LogP contribution in [-0.2, 0) is 0 Å². The van der Waals surface area contributed by atoms with E-state index in [0.717, 1.165) is 5.56 Å². The number of rotatable bonds is 2. The van der Waals surface area contributed by atoms with Crippen molar-refractivity contribution < 1.29 is 4.39 Å². The molecule has 0 saturated carbocycles. The maximum Gasteiger partial charge on any atom is 0.128 e. The molecular weight excluding hydrogens is 189 g/mol. The maximum absolute atomic E-state index is 13.4. The van der Waals surface area contributed by atoms with Gasteiger partial charge in [-0.25, -0.2) is 4.39 Å². The van der Waals surface area contributed by atoms with Crippen LogP contribution in [0.4, 0.5) is 4.39 Å². The van der Waals surface area contributed by atoms with E-state index in [4.69, 9.17) is 5.26 Å². The molecule has 0 heterocycles. The Balaban J connectivity index is 3.65. The Kier molecular flexibility index (Phi) is 3.41. The number of hydrogen-bond donors (Lipinski definition) is 0. The van der Waals surface area contributed by atoms with Crippen molar-refractivity contribution in [2.45, 2.75) is 13.8 Å². The minimum absolute atomic E-state index is 0.366. The van der Waals surface area contributed by atoms with Gasteiger partial charge < -0.3 is 0 Å². The quantitative estimate of drug-likeness (QED) is 0.716. The fourth-order valence-corrected chi connectivity index (χ4v) is 1.45. The molecule has 0 unspecified atom stereocenters. The van der Waals surface area contributed by atoms with Crippen molar-refractivity contribution in [3.05, 3.63) is 46.8 Å². The Hall–Kier alpha value is -1.88. The normalized spacial score (nSPS) is 10.3. The van der Waals surface area contributed by atoms with Crippen LogP contribution in [0, 0.1) is 24.1 Å². The minimum atomic E-state index is -0.366. The molecule has 0 N–H and O–H groups in total. The maximum atomic E-state index is 13.4. The lowest BCUT2D eigenvalue weighted by molar-refractivity contribution is 0.617. The molecule has 76 valence electrons. The van der Waals surface area contributed by atoms with Crippen LogP contribution in [0.5, 0.6) is 0 Å². The van der Waals surface area contributed by atoms with Crippen molar-refractivity contribution in [3.8, 4) is 6.07 Å². The number of nitrogens with zero attached hydrogens (tertiary/aromatic N) is 1. The third kappa shape index (κ3) is 1.97. The molecule has 0 radical (unpaired) electrons. The molecule has 0 aliphatic rings. The molecule has 1 aromatic rings. The first-order chi connectivity index (χ1) is 7.15. The van der Waals surface area contributed by atoms with E-state index in [2.05, 4.69) is 6.58 Å². The second kappa shape index (κ2) is 4.56. The first-order valence-corrected chi connectivity index (χ1v) is 4.64. The van der Waals surface area contributed by atoms with Gasteiger partial charge in [0.2, 0.25) is 0 Å². The molecule has 0 atom stereocenters. The average Bonchev–Trinajstić information content (AvgIpc) is 2.24. The van der Waals surface area contributed by atoms with Crippen molar-refractivity contribution in [2.24, 2.45) is 0 Å². The van der Waals surface area contributed by atoms with Crippen LogP contribution in [0.3, 0.4) is 0 Å². The first-order valence-electron chi connectivity index (χ1n) is 4.64. The molecule has 0 bridgehead atoms. The van der Waals surface area contributed by atoms with Crippen molar-refractivity contribution in [2.75, 3.05) is 0 Å². The standard InChI is InChI=1S/C13H12FN/c1-4-6-11-10(5-2)7-13(14)9(3)12(11)8-15/h4-7H,2H2,1,3H3/b6-4-. The van der Waals surface area contributed by atoms with Gasteiger partial charge in [0.15, 0.2) is 0 Å². The van der Waals surface area contributed by atoms with Gasteiger partial charge in [-0.3, -0.25) is 0 Å².